The van der Waals surface area contributed by atoms with E-state index in [2.05, 4.69) is 0 Å². The Morgan fingerprint density at radius 1 is 1.38 bits per heavy atom. The van der Waals surface area contributed by atoms with Crippen LogP contribution in [0.5, 0.6) is 0 Å². The molecule has 0 unspecified atom stereocenters. The smallest absolute Gasteiger partial charge is 0.228 e. The van der Waals surface area contributed by atoms with Crippen LogP contribution in [0.4, 0.5) is 0 Å². The Balaban J connectivity index is 4.42. The van der Waals surface area contributed by atoms with Crippen LogP contribution in [-0.4, -0.2) is 44.2 Å². The van der Waals surface area contributed by atoms with Crippen molar-refractivity contribution in [2.45, 2.75) is 33.6 Å². The van der Waals surface area contributed by atoms with Gasteiger partial charge in [0.25, 0.3) is 0 Å². The minimum absolute atomic E-state index is 0.195. The van der Waals surface area contributed by atoms with E-state index in [9.17, 15) is 4.79 Å². The first kappa shape index (κ1) is 15.4. The highest BCUT2D eigenvalue weighted by molar-refractivity contribution is 5.81. The van der Waals surface area contributed by atoms with Crippen LogP contribution in [0.25, 0.3) is 0 Å². The van der Waals surface area contributed by atoms with E-state index in [1.165, 1.54) is 0 Å². The molecule has 96 valence electrons. The lowest BCUT2D eigenvalue weighted by Crippen LogP contribution is -2.43. The first-order valence-corrected chi connectivity index (χ1v) is 5.98. The summed E-state index contributed by atoms with van der Waals surface area (Å²) in [7, 11) is 1.65. The van der Waals surface area contributed by atoms with Gasteiger partial charge in [-0.3, -0.25) is 4.79 Å². The number of methoxy groups -OCH3 is 1. The normalized spacial score (nSPS) is 11.6. The summed E-state index contributed by atoms with van der Waals surface area (Å²) in [5, 5.41) is 0. The van der Waals surface area contributed by atoms with Crippen molar-refractivity contribution in [2.24, 2.45) is 11.1 Å². The first-order valence-electron chi connectivity index (χ1n) is 5.98. The zero-order valence-electron chi connectivity index (χ0n) is 11.1. The Morgan fingerprint density at radius 2 is 2.00 bits per heavy atom. The molecular weight excluding hydrogens is 204 g/mol. The molecule has 0 aromatic carbocycles. The first-order chi connectivity index (χ1) is 7.49. The highest BCUT2D eigenvalue weighted by atomic mass is 16.5. The zero-order chi connectivity index (χ0) is 12.6. The Morgan fingerprint density at radius 3 is 2.44 bits per heavy atom. The van der Waals surface area contributed by atoms with Gasteiger partial charge in [0.1, 0.15) is 0 Å². The van der Waals surface area contributed by atoms with E-state index in [0.29, 0.717) is 19.7 Å². The molecule has 0 bridgehead atoms. The Kier molecular flexibility index (Phi) is 7.34. The van der Waals surface area contributed by atoms with Gasteiger partial charge in [0.15, 0.2) is 0 Å². The molecule has 1 amide bonds. The maximum Gasteiger partial charge on any atom is 0.228 e. The third kappa shape index (κ3) is 4.94. The van der Waals surface area contributed by atoms with Crippen molar-refractivity contribution in [3.63, 3.8) is 0 Å². The quantitative estimate of drug-likeness (QED) is 0.682. The summed E-state index contributed by atoms with van der Waals surface area (Å²) in [4.78, 5) is 14.1. The third-order valence-electron chi connectivity index (χ3n) is 2.95. The summed E-state index contributed by atoms with van der Waals surface area (Å²) >= 11 is 0. The van der Waals surface area contributed by atoms with Crippen molar-refractivity contribution in [2.75, 3.05) is 33.4 Å². The number of carbonyl (C=O) groups is 1. The largest absolute Gasteiger partial charge is 0.383 e. The van der Waals surface area contributed by atoms with E-state index in [4.69, 9.17) is 10.5 Å². The lowest BCUT2D eigenvalue weighted by Gasteiger charge is -2.31. The fraction of sp³-hybridized carbons (Fsp3) is 0.917. The highest BCUT2D eigenvalue weighted by Crippen LogP contribution is 2.22. The number of hydrogen-bond acceptors (Lipinski definition) is 3. The van der Waals surface area contributed by atoms with Gasteiger partial charge in [0.05, 0.1) is 6.61 Å². The number of ether oxygens (including phenoxy) is 1. The molecule has 2 N–H and O–H groups in total. The molecule has 0 rings (SSSR count). The molecule has 0 aromatic heterocycles. The van der Waals surface area contributed by atoms with Crippen molar-refractivity contribution in [1.29, 1.82) is 0 Å². The van der Waals surface area contributed by atoms with Gasteiger partial charge in [0.2, 0.25) is 5.91 Å². The standard InChI is InChI=1S/C12H26N2O2/c1-5-12(2,3)11(15)14(8-6-7-13)9-10-16-4/h5-10,13H2,1-4H3. The van der Waals surface area contributed by atoms with Gasteiger partial charge in [0, 0.05) is 25.6 Å². The molecule has 0 aliphatic heterocycles. The number of nitrogens with zero attached hydrogens (tertiary/aromatic N) is 1. The summed E-state index contributed by atoms with van der Waals surface area (Å²) in [5.74, 6) is 0.195. The molecular formula is C12H26N2O2. The lowest BCUT2D eigenvalue weighted by molar-refractivity contribution is -0.141. The van der Waals surface area contributed by atoms with Crippen molar-refractivity contribution >= 4 is 5.91 Å². The second-order valence-electron chi connectivity index (χ2n) is 4.66. The highest BCUT2D eigenvalue weighted by Gasteiger charge is 2.29. The molecule has 4 heteroatoms. The number of hydrogen-bond donors (Lipinski definition) is 1. The van der Waals surface area contributed by atoms with Crippen LogP contribution in [0, 0.1) is 5.41 Å². The summed E-state index contributed by atoms with van der Waals surface area (Å²) in [6.07, 6.45) is 1.69. The molecule has 16 heavy (non-hydrogen) atoms. The predicted molar refractivity (Wildman–Crippen MR) is 66.2 cm³/mol. The number of carbonyl (C=O) groups excluding carboxylic acids is 1. The van der Waals surface area contributed by atoms with Gasteiger partial charge >= 0.3 is 0 Å². The van der Waals surface area contributed by atoms with E-state index in [0.717, 1.165) is 19.4 Å². The maximum absolute atomic E-state index is 12.2. The van der Waals surface area contributed by atoms with E-state index >= 15 is 0 Å². The average molecular weight is 230 g/mol. The van der Waals surface area contributed by atoms with Gasteiger partial charge in [-0.1, -0.05) is 20.8 Å². The van der Waals surface area contributed by atoms with Crippen molar-refractivity contribution in [1.82, 2.24) is 4.90 Å². The molecule has 0 spiro atoms. The van der Waals surface area contributed by atoms with Crippen LogP contribution in [0.15, 0.2) is 0 Å². The fourth-order valence-electron chi connectivity index (χ4n) is 1.38. The summed E-state index contributed by atoms with van der Waals surface area (Å²) in [5.41, 5.74) is 5.19. The molecule has 0 aliphatic carbocycles. The van der Waals surface area contributed by atoms with E-state index < -0.39 is 0 Å². The maximum atomic E-state index is 12.2. The van der Waals surface area contributed by atoms with Gasteiger partial charge in [-0.2, -0.15) is 0 Å². The van der Waals surface area contributed by atoms with E-state index in [1.54, 1.807) is 7.11 Å². The van der Waals surface area contributed by atoms with Crippen LogP contribution in [-0.2, 0) is 9.53 Å². The lowest BCUT2D eigenvalue weighted by atomic mass is 9.88. The molecule has 0 radical (unpaired) electrons. The van der Waals surface area contributed by atoms with Crippen molar-refractivity contribution < 1.29 is 9.53 Å². The van der Waals surface area contributed by atoms with Crippen LogP contribution in [0.1, 0.15) is 33.6 Å². The molecule has 0 heterocycles. The minimum Gasteiger partial charge on any atom is -0.383 e. The molecule has 0 fully saturated rings. The van der Waals surface area contributed by atoms with E-state index in [1.807, 2.05) is 25.7 Å². The summed E-state index contributed by atoms with van der Waals surface area (Å²) in [6, 6.07) is 0. The molecule has 0 aliphatic rings. The van der Waals surface area contributed by atoms with Crippen molar-refractivity contribution in [3.05, 3.63) is 0 Å². The number of amides is 1. The molecule has 0 aromatic rings. The minimum atomic E-state index is -0.289. The Labute approximate surface area is 99.1 Å². The van der Waals surface area contributed by atoms with Crippen LogP contribution in [0.2, 0.25) is 0 Å². The van der Waals surface area contributed by atoms with Gasteiger partial charge in [-0.15, -0.1) is 0 Å². The average Bonchev–Trinajstić information content (AvgIpc) is 2.28. The molecule has 0 atom stereocenters. The second-order valence-corrected chi connectivity index (χ2v) is 4.66. The molecule has 0 saturated heterocycles. The fourth-order valence-corrected chi connectivity index (χ4v) is 1.38. The Hall–Kier alpha value is -0.610. The summed E-state index contributed by atoms with van der Waals surface area (Å²) in [6.45, 7) is 8.57. The monoisotopic (exact) mass is 230 g/mol. The van der Waals surface area contributed by atoms with Gasteiger partial charge in [-0.25, -0.2) is 0 Å². The van der Waals surface area contributed by atoms with Gasteiger partial charge < -0.3 is 15.4 Å². The topological polar surface area (TPSA) is 55.6 Å². The second kappa shape index (κ2) is 7.63. The van der Waals surface area contributed by atoms with Crippen LogP contribution < -0.4 is 5.73 Å². The predicted octanol–water partition coefficient (Wildman–Crippen LogP) is 1.25. The Bertz CT molecular complexity index is 197. The van der Waals surface area contributed by atoms with E-state index in [-0.39, 0.29) is 11.3 Å². The summed E-state index contributed by atoms with van der Waals surface area (Å²) < 4.78 is 5.02. The number of rotatable bonds is 8. The SMILES string of the molecule is CCC(C)(C)C(=O)N(CCCN)CCOC. The van der Waals surface area contributed by atoms with Gasteiger partial charge in [-0.05, 0) is 19.4 Å². The number of nitrogens with two attached hydrogens (primary N) is 1. The molecule has 0 saturated carbocycles. The van der Waals surface area contributed by atoms with Crippen LogP contribution in [0.3, 0.4) is 0 Å². The van der Waals surface area contributed by atoms with Crippen molar-refractivity contribution in [3.8, 4) is 0 Å². The molecule has 4 nitrogen and oxygen atoms in total. The van der Waals surface area contributed by atoms with Crippen LogP contribution >= 0.6 is 0 Å². The third-order valence-corrected chi connectivity index (χ3v) is 2.95. The zero-order valence-corrected chi connectivity index (χ0v) is 11.1.